The smallest absolute Gasteiger partial charge is 0.126 e. The summed E-state index contributed by atoms with van der Waals surface area (Å²) in [6.07, 6.45) is 3.30. The minimum atomic E-state index is 0.495. The Balaban J connectivity index is 2.23. The Bertz CT molecular complexity index is 555. The molecule has 0 atom stereocenters. The van der Waals surface area contributed by atoms with E-state index in [0.29, 0.717) is 5.75 Å². The number of aromatic hydroxyl groups is 1. The van der Waals surface area contributed by atoms with E-state index in [1.807, 2.05) is 18.2 Å². The standard InChI is InChI=1S/C16H16O/c1-11-10-15(12-6-3-2-4-7-12)16(17)14-9-5-8-13(11)14/h2-4,6-7,10,17H,5,8-9H2,1H3. The normalized spacial score (nSPS) is 13.7. The van der Waals surface area contributed by atoms with Crippen LogP contribution in [0.25, 0.3) is 11.1 Å². The van der Waals surface area contributed by atoms with E-state index in [9.17, 15) is 5.11 Å². The molecule has 86 valence electrons. The van der Waals surface area contributed by atoms with Crippen molar-refractivity contribution in [2.45, 2.75) is 26.2 Å². The van der Waals surface area contributed by atoms with E-state index >= 15 is 0 Å². The van der Waals surface area contributed by atoms with E-state index in [1.165, 1.54) is 23.1 Å². The van der Waals surface area contributed by atoms with Gasteiger partial charge in [0.1, 0.15) is 5.75 Å². The van der Waals surface area contributed by atoms with Crippen LogP contribution >= 0.6 is 0 Å². The predicted octanol–water partition coefficient (Wildman–Crippen LogP) is 3.86. The summed E-state index contributed by atoms with van der Waals surface area (Å²) in [4.78, 5) is 0. The first-order valence-corrected chi connectivity index (χ1v) is 6.17. The lowest BCUT2D eigenvalue weighted by molar-refractivity contribution is 0.471. The van der Waals surface area contributed by atoms with Crippen LogP contribution in [0.3, 0.4) is 0 Å². The Kier molecular flexibility index (Phi) is 2.40. The molecule has 1 N–H and O–H groups in total. The molecule has 1 aliphatic carbocycles. The molecule has 0 spiro atoms. The van der Waals surface area contributed by atoms with Gasteiger partial charge in [0, 0.05) is 5.56 Å². The number of hydrogen-bond acceptors (Lipinski definition) is 1. The molecule has 0 saturated heterocycles. The highest BCUT2D eigenvalue weighted by atomic mass is 16.3. The largest absolute Gasteiger partial charge is 0.507 e. The van der Waals surface area contributed by atoms with Gasteiger partial charge in [-0.25, -0.2) is 0 Å². The zero-order valence-electron chi connectivity index (χ0n) is 10.0. The number of phenols is 1. The van der Waals surface area contributed by atoms with E-state index in [4.69, 9.17) is 0 Å². The quantitative estimate of drug-likeness (QED) is 0.780. The molecule has 1 aliphatic rings. The highest BCUT2D eigenvalue weighted by Gasteiger charge is 2.20. The summed E-state index contributed by atoms with van der Waals surface area (Å²) in [5.41, 5.74) is 5.92. The second-order valence-electron chi connectivity index (χ2n) is 4.77. The van der Waals surface area contributed by atoms with Crippen molar-refractivity contribution in [3.05, 3.63) is 53.1 Å². The van der Waals surface area contributed by atoms with Gasteiger partial charge in [0.05, 0.1) is 0 Å². The summed E-state index contributed by atoms with van der Waals surface area (Å²) in [6.45, 7) is 2.15. The summed E-state index contributed by atoms with van der Waals surface area (Å²) in [5, 5.41) is 10.4. The second-order valence-corrected chi connectivity index (χ2v) is 4.77. The van der Waals surface area contributed by atoms with E-state index in [-0.39, 0.29) is 0 Å². The molecule has 2 aromatic carbocycles. The lowest BCUT2D eigenvalue weighted by atomic mass is 9.95. The molecule has 1 heteroatoms. The maximum Gasteiger partial charge on any atom is 0.126 e. The maximum atomic E-state index is 10.4. The van der Waals surface area contributed by atoms with Crippen molar-refractivity contribution in [3.8, 4) is 16.9 Å². The third kappa shape index (κ3) is 1.62. The number of aryl methyl sites for hydroxylation is 1. The molecule has 3 rings (SSSR count). The van der Waals surface area contributed by atoms with Gasteiger partial charge >= 0.3 is 0 Å². The third-order valence-corrected chi connectivity index (χ3v) is 3.68. The SMILES string of the molecule is Cc1cc(-c2ccccc2)c(O)c2c1CCC2. The van der Waals surface area contributed by atoms with Crippen LogP contribution in [0.15, 0.2) is 36.4 Å². The average molecular weight is 224 g/mol. The molecular weight excluding hydrogens is 208 g/mol. The van der Waals surface area contributed by atoms with E-state index < -0.39 is 0 Å². The summed E-state index contributed by atoms with van der Waals surface area (Å²) in [6, 6.07) is 12.2. The van der Waals surface area contributed by atoms with Crippen LogP contribution < -0.4 is 0 Å². The number of hydrogen-bond donors (Lipinski definition) is 1. The van der Waals surface area contributed by atoms with Crippen molar-refractivity contribution < 1.29 is 5.11 Å². The summed E-state index contributed by atoms with van der Waals surface area (Å²) >= 11 is 0. The molecule has 0 radical (unpaired) electrons. The Hall–Kier alpha value is -1.76. The van der Waals surface area contributed by atoms with Crippen LogP contribution in [-0.2, 0) is 12.8 Å². The number of fused-ring (bicyclic) bond motifs is 1. The molecule has 0 bridgehead atoms. The van der Waals surface area contributed by atoms with Gasteiger partial charge in [0.2, 0.25) is 0 Å². The van der Waals surface area contributed by atoms with Crippen LogP contribution in [0.1, 0.15) is 23.1 Å². The van der Waals surface area contributed by atoms with Gasteiger partial charge in [0.15, 0.2) is 0 Å². The van der Waals surface area contributed by atoms with Crippen LogP contribution in [0.5, 0.6) is 5.75 Å². The molecule has 1 nitrogen and oxygen atoms in total. The fourth-order valence-corrected chi connectivity index (χ4v) is 2.81. The van der Waals surface area contributed by atoms with Crippen molar-refractivity contribution in [3.63, 3.8) is 0 Å². The van der Waals surface area contributed by atoms with Crippen molar-refractivity contribution in [1.29, 1.82) is 0 Å². The van der Waals surface area contributed by atoms with Gasteiger partial charge in [-0.05, 0) is 54.5 Å². The van der Waals surface area contributed by atoms with Crippen molar-refractivity contribution in [2.24, 2.45) is 0 Å². The zero-order chi connectivity index (χ0) is 11.8. The first-order valence-electron chi connectivity index (χ1n) is 6.17. The fraction of sp³-hybridized carbons (Fsp3) is 0.250. The minimum absolute atomic E-state index is 0.495. The molecule has 0 aliphatic heterocycles. The van der Waals surface area contributed by atoms with Gasteiger partial charge in [-0.2, -0.15) is 0 Å². The molecule has 0 heterocycles. The molecule has 17 heavy (non-hydrogen) atoms. The van der Waals surface area contributed by atoms with E-state index in [0.717, 1.165) is 24.0 Å². The summed E-state index contributed by atoms with van der Waals surface area (Å²) in [5.74, 6) is 0.495. The second kappa shape index (κ2) is 3.92. The Morgan fingerprint density at radius 2 is 1.71 bits per heavy atom. The van der Waals surface area contributed by atoms with Crippen molar-refractivity contribution in [1.82, 2.24) is 0 Å². The third-order valence-electron chi connectivity index (χ3n) is 3.68. The number of rotatable bonds is 1. The maximum absolute atomic E-state index is 10.4. The van der Waals surface area contributed by atoms with Gasteiger partial charge in [-0.3, -0.25) is 0 Å². The number of phenolic OH excluding ortho intramolecular Hbond substituents is 1. The molecule has 0 amide bonds. The van der Waals surface area contributed by atoms with E-state index in [1.54, 1.807) is 0 Å². The Morgan fingerprint density at radius 1 is 1.00 bits per heavy atom. The highest BCUT2D eigenvalue weighted by Crippen LogP contribution is 2.40. The van der Waals surface area contributed by atoms with Gasteiger partial charge in [0.25, 0.3) is 0 Å². The summed E-state index contributed by atoms with van der Waals surface area (Å²) in [7, 11) is 0. The van der Waals surface area contributed by atoms with Gasteiger partial charge in [-0.1, -0.05) is 30.3 Å². The lowest BCUT2D eigenvalue weighted by Crippen LogP contribution is -1.91. The molecule has 0 fully saturated rings. The van der Waals surface area contributed by atoms with Crippen molar-refractivity contribution >= 4 is 0 Å². The van der Waals surface area contributed by atoms with Gasteiger partial charge < -0.3 is 5.11 Å². The molecule has 0 saturated carbocycles. The first kappa shape index (κ1) is 10.4. The van der Waals surface area contributed by atoms with Crippen molar-refractivity contribution in [2.75, 3.05) is 0 Å². The monoisotopic (exact) mass is 224 g/mol. The lowest BCUT2D eigenvalue weighted by Gasteiger charge is -2.12. The van der Waals surface area contributed by atoms with Crippen LogP contribution in [-0.4, -0.2) is 5.11 Å². The van der Waals surface area contributed by atoms with Crippen LogP contribution in [0.2, 0.25) is 0 Å². The average Bonchev–Trinajstić information content (AvgIpc) is 2.85. The fourth-order valence-electron chi connectivity index (χ4n) is 2.81. The Morgan fingerprint density at radius 3 is 2.47 bits per heavy atom. The highest BCUT2D eigenvalue weighted by molar-refractivity contribution is 5.74. The number of benzene rings is 2. The van der Waals surface area contributed by atoms with Crippen LogP contribution in [0, 0.1) is 6.92 Å². The molecule has 2 aromatic rings. The Labute approximate surface area is 102 Å². The summed E-state index contributed by atoms with van der Waals surface area (Å²) < 4.78 is 0. The van der Waals surface area contributed by atoms with E-state index in [2.05, 4.69) is 25.1 Å². The predicted molar refractivity (Wildman–Crippen MR) is 70.3 cm³/mol. The zero-order valence-corrected chi connectivity index (χ0v) is 10.0. The molecular formula is C16H16O. The molecule has 0 aromatic heterocycles. The topological polar surface area (TPSA) is 20.2 Å². The first-order chi connectivity index (χ1) is 8.27. The van der Waals surface area contributed by atoms with Crippen LogP contribution in [0.4, 0.5) is 0 Å². The minimum Gasteiger partial charge on any atom is -0.507 e. The molecule has 0 unspecified atom stereocenters. The van der Waals surface area contributed by atoms with Gasteiger partial charge in [-0.15, -0.1) is 0 Å².